The van der Waals surface area contributed by atoms with Crippen molar-refractivity contribution >= 4 is 33.5 Å². The number of nitrogens with zero attached hydrogens (tertiary/aromatic N) is 2. The Morgan fingerprint density at radius 2 is 1.73 bits per heavy atom. The van der Waals surface area contributed by atoms with Gasteiger partial charge in [-0.3, -0.25) is 9.69 Å². The summed E-state index contributed by atoms with van der Waals surface area (Å²) in [7, 11) is 0. The first-order valence-corrected chi connectivity index (χ1v) is 11.9. The van der Waals surface area contributed by atoms with Crippen LogP contribution in [-0.4, -0.2) is 42.0 Å². The van der Waals surface area contributed by atoms with Crippen LogP contribution in [0.3, 0.4) is 0 Å². The Labute approximate surface area is 202 Å². The number of aromatic hydroxyl groups is 1. The molecule has 3 aromatic carbocycles. The molecule has 1 fully saturated rings. The number of benzene rings is 3. The molecule has 2 heterocycles. The summed E-state index contributed by atoms with van der Waals surface area (Å²) >= 11 is 3.52. The minimum Gasteiger partial charge on any atom is -0.507 e. The highest BCUT2D eigenvalue weighted by molar-refractivity contribution is 9.10. The van der Waals surface area contributed by atoms with E-state index in [1.54, 1.807) is 12.1 Å². The van der Waals surface area contributed by atoms with E-state index in [2.05, 4.69) is 50.0 Å². The zero-order valence-corrected chi connectivity index (χ0v) is 20.0. The van der Waals surface area contributed by atoms with Gasteiger partial charge in [0, 0.05) is 42.9 Å². The number of aryl methyl sites for hydroxylation is 1. The first-order valence-electron chi connectivity index (χ1n) is 11.1. The van der Waals surface area contributed by atoms with Crippen LogP contribution < -0.4 is 9.64 Å². The second-order valence-electron chi connectivity index (χ2n) is 8.46. The van der Waals surface area contributed by atoms with Crippen molar-refractivity contribution in [1.82, 2.24) is 4.90 Å². The number of phenols is 1. The number of phenolic OH excluding ortho intramolecular Hbond substituents is 1. The number of ether oxygens (including phenoxy) is 1. The van der Waals surface area contributed by atoms with Gasteiger partial charge in [0.2, 0.25) is 5.78 Å². The van der Waals surface area contributed by atoms with Gasteiger partial charge in [-0.1, -0.05) is 52.3 Å². The number of allylic oxidation sites excluding steroid dienone is 1. The number of hydrogen-bond donors (Lipinski definition) is 1. The average molecular weight is 505 g/mol. The van der Waals surface area contributed by atoms with E-state index >= 15 is 0 Å². The third kappa shape index (κ3) is 4.28. The Bertz CT molecular complexity index is 1230. The van der Waals surface area contributed by atoms with Crippen molar-refractivity contribution in [3.05, 3.63) is 93.1 Å². The summed E-state index contributed by atoms with van der Waals surface area (Å²) in [6, 6.07) is 19.8. The van der Waals surface area contributed by atoms with Crippen LogP contribution in [0.15, 0.2) is 70.9 Å². The van der Waals surface area contributed by atoms with Crippen molar-refractivity contribution in [3.63, 3.8) is 0 Å². The molecule has 0 saturated carbocycles. The highest BCUT2D eigenvalue weighted by Crippen LogP contribution is 2.42. The van der Waals surface area contributed by atoms with Crippen molar-refractivity contribution in [2.24, 2.45) is 0 Å². The van der Waals surface area contributed by atoms with Crippen LogP contribution in [0.1, 0.15) is 27.0 Å². The van der Waals surface area contributed by atoms with Gasteiger partial charge in [0.1, 0.15) is 11.5 Å². The van der Waals surface area contributed by atoms with Gasteiger partial charge >= 0.3 is 0 Å². The van der Waals surface area contributed by atoms with E-state index in [1.165, 1.54) is 5.69 Å². The Morgan fingerprint density at radius 3 is 2.45 bits per heavy atom. The van der Waals surface area contributed by atoms with Gasteiger partial charge in [0.25, 0.3) is 0 Å². The Hall–Kier alpha value is -3.09. The van der Waals surface area contributed by atoms with Crippen molar-refractivity contribution in [2.45, 2.75) is 13.5 Å². The van der Waals surface area contributed by atoms with E-state index < -0.39 is 0 Å². The molecule has 0 atom stereocenters. The number of ketones is 1. The largest absolute Gasteiger partial charge is 0.507 e. The fourth-order valence-electron chi connectivity index (χ4n) is 4.49. The van der Waals surface area contributed by atoms with E-state index in [0.717, 1.165) is 41.8 Å². The van der Waals surface area contributed by atoms with E-state index in [9.17, 15) is 9.90 Å². The third-order valence-corrected chi connectivity index (χ3v) is 7.01. The number of hydrogen-bond acceptors (Lipinski definition) is 5. The maximum atomic E-state index is 13.2. The molecular weight excluding hydrogens is 480 g/mol. The highest BCUT2D eigenvalue weighted by atomic mass is 79.9. The van der Waals surface area contributed by atoms with Gasteiger partial charge in [-0.2, -0.15) is 0 Å². The van der Waals surface area contributed by atoms with Crippen LogP contribution in [0.2, 0.25) is 0 Å². The van der Waals surface area contributed by atoms with Gasteiger partial charge in [-0.15, -0.1) is 0 Å². The smallest absolute Gasteiger partial charge is 0.232 e. The maximum Gasteiger partial charge on any atom is 0.232 e. The van der Waals surface area contributed by atoms with Gasteiger partial charge in [0.15, 0.2) is 5.76 Å². The lowest BCUT2D eigenvalue weighted by molar-refractivity contribution is 0.101. The molecule has 0 unspecified atom stereocenters. The van der Waals surface area contributed by atoms with E-state index in [-0.39, 0.29) is 17.3 Å². The number of Topliss-reactive ketones (excluding diaryl/α,β-unsaturated/α-hetero) is 1. The Morgan fingerprint density at radius 1 is 1.03 bits per heavy atom. The second kappa shape index (κ2) is 9.04. The molecule has 0 aliphatic carbocycles. The number of para-hydroxylation sites is 1. The normalized spacial score (nSPS) is 17.3. The molecule has 1 N–H and O–H groups in total. The standard InChI is InChI=1S/C27H25BrN2O3/c1-18-15-23(31)21(17-29-11-13-30(14-12-29)20-8-3-2-4-9-20)27-25(18)26(32)24(33-27)16-19-7-5-6-10-22(19)28/h2-10,15-16,31H,11-14,17H2,1H3/b24-16-. The molecule has 0 aromatic heterocycles. The van der Waals surface area contributed by atoms with Crippen LogP contribution in [0.4, 0.5) is 5.69 Å². The first kappa shape index (κ1) is 21.7. The second-order valence-corrected chi connectivity index (χ2v) is 9.31. The molecule has 0 radical (unpaired) electrons. The van der Waals surface area contributed by atoms with Gasteiger partial charge < -0.3 is 14.7 Å². The number of piperazine rings is 1. The first-order chi connectivity index (χ1) is 16.0. The maximum absolute atomic E-state index is 13.2. The van der Waals surface area contributed by atoms with Gasteiger partial charge in [0.05, 0.1) is 11.1 Å². The molecule has 2 aliphatic rings. The molecule has 33 heavy (non-hydrogen) atoms. The number of fused-ring (bicyclic) bond motifs is 1. The topological polar surface area (TPSA) is 53.0 Å². The highest BCUT2D eigenvalue weighted by Gasteiger charge is 2.34. The molecule has 1 saturated heterocycles. The summed E-state index contributed by atoms with van der Waals surface area (Å²) in [6.45, 7) is 5.92. The predicted octanol–water partition coefficient (Wildman–Crippen LogP) is 5.40. The molecule has 0 amide bonds. The zero-order chi connectivity index (χ0) is 22.9. The number of carbonyl (C=O) groups is 1. The average Bonchev–Trinajstić information content (AvgIpc) is 3.15. The fraction of sp³-hybridized carbons (Fsp3) is 0.222. The minimum atomic E-state index is -0.145. The lowest BCUT2D eigenvalue weighted by atomic mass is 9.99. The SMILES string of the molecule is Cc1cc(O)c(CN2CCN(c3ccccc3)CC2)c2c1C(=O)/C(=C/c1ccccc1Br)O2. The monoisotopic (exact) mass is 504 g/mol. The molecule has 3 aromatic rings. The van der Waals surface area contributed by atoms with Crippen molar-refractivity contribution in [3.8, 4) is 11.5 Å². The summed E-state index contributed by atoms with van der Waals surface area (Å²) in [5, 5.41) is 10.8. The lowest BCUT2D eigenvalue weighted by Gasteiger charge is -2.36. The van der Waals surface area contributed by atoms with Crippen LogP contribution in [0.25, 0.3) is 6.08 Å². The van der Waals surface area contributed by atoms with Crippen molar-refractivity contribution in [1.29, 1.82) is 0 Å². The predicted molar refractivity (Wildman–Crippen MR) is 134 cm³/mol. The number of halogens is 1. The van der Waals surface area contributed by atoms with Crippen LogP contribution in [0, 0.1) is 6.92 Å². The van der Waals surface area contributed by atoms with E-state index in [1.807, 2.05) is 37.3 Å². The molecule has 168 valence electrons. The van der Waals surface area contributed by atoms with Crippen LogP contribution >= 0.6 is 15.9 Å². The molecule has 5 nitrogen and oxygen atoms in total. The van der Waals surface area contributed by atoms with Gasteiger partial charge in [-0.25, -0.2) is 0 Å². The fourth-order valence-corrected chi connectivity index (χ4v) is 4.89. The number of anilines is 1. The van der Waals surface area contributed by atoms with Gasteiger partial charge in [-0.05, 0) is 48.4 Å². The van der Waals surface area contributed by atoms with Crippen molar-refractivity contribution < 1.29 is 14.6 Å². The summed E-state index contributed by atoms with van der Waals surface area (Å²) in [5.74, 6) is 0.794. The number of rotatable bonds is 4. The molecule has 6 heteroatoms. The molecule has 0 spiro atoms. The summed E-state index contributed by atoms with van der Waals surface area (Å²) in [5.41, 5.74) is 4.04. The molecule has 2 aliphatic heterocycles. The third-order valence-electron chi connectivity index (χ3n) is 6.29. The Kier molecular flexibility index (Phi) is 5.96. The number of carbonyl (C=O) groups excluding carboxylic acids is 1. The van der Waals surface area contributed by atoms with E-state index in [4.69, 9.17) is 4.74 Å². The quantitative estimate of drug-likeness (QED) is 0.482. The molecule has 5 rings (SSSR count). The summed E-state index contributed by atoms with van der Waals surface area (Å²) in [6.07, 6.45) is 1.76. The lowest BCUT2D eigenvalue weighted by Crippen LogP contribution is -2.46. The Balaban J connectivity index is 1.38. The summed E-state index contributed by atoms with van der Waals surface area (Å²) in [4.78, 5) is 17.8. The van der Waals surface area contributed by atoms with Crippen molar-refractivity contribution in [2.75, 3.05) is 31.1 Å². The molecule has 0 bridgehead atoms. The van der Waals surface area contributed by atoms with E-state index in [0.29, 0.717) is 23.4 Å². The molecular formula is C27H25BrN2O3. The van der Waals surface area contributed by atoms with Crippen LogP contribution in [0.5, 0.6) is 11.5 Å². The van der Waals surface area contributed by atoms with Crippen LogP contribution in [-0.2, 0) is 6.54 Å². The zero-order valence-electron chi connectivity index (χ0n) is 18.4. The summed E-state index contributed by atoms with van der Waals surface area (Å²) < 4.78 is 6.99. The minimum absolute atomic E-state index is 0.145.